The van der Waals surface area contributed by atoms with Crippen molar-refractivity contribution < 1.29 is 4.74 Å². The molecule has 2 aromatic carbocycles. The summed E-state index contributed by atoms with van der Waals surface area (Å²) in [5.41, 5.74) is 6.95. The summed E-state index contributed by atoms with van der Waals surface area (Å²) >= 11 is 0. The maximum absolute atomic E-state index is 5.86. The molecule has 0 radical (unpaired) electrons. The van der Waals surface area contributed by atoms with Crippen LogP contribution < -0.4 is 10.5 Å². The second-order valence-corrected chi connectivity index (χ2v) is 4.83. The second-order valence-electron chi connectivity index (χ2n) is 4.83. The van der Waals surface area contributed by atoms with Gasteiger partial charge in [0.1, 0.15) is 5.75 Å². The van der Waals surface area contributed by atoms with Gasteiger partial charge in [0.25, 0.3) is 0 Å². The Bertz CT molecular complexity index is 519. The van der Waals surface area contributed by atoms with Crippen molar-refractivity contribution in [1.82, 2.24) is 0 Å². The van der Waals surface area contributed by atoms with Crippen LogP contribution in [-0.2, 0) is 6.42 Å². The Morgan fingerprint density at radius 2 is 1.78 bits per heavy atom. The summed E-state index contributed by atoms with van der Waals surface area (Å²) in [4.78, 5) is 0. The molecule has 0 bridgehead atoms. The Morgan fingerprint density at radius 1 is 1.06 bits per heavy atom. The normalized spacial score (nSPS) is 11.1. The van der Waals surface area contributed by atoms with E-state index in [1.54, 1.807) is 0 Å². The van der Waals surface area contributed by atoms with Gasteiger partial charge in [-0.2, -0.15) is 0 Å². The van der Waals surface area contributed by atoms with Gasteiger partial charge in [-0.05, 0) is 50.2 Å². The maximum Gasteiger partial charge on any atom is 0.127 e. The summed E-state index contributed by atoms with van der Waals surface area (Å²) in [7, 11) is 0. The highest BCUT2D eigenvalue weighted by Crippen LogP contribution is 2.29. The van der Waals surface area contributed by atoms with Crippen molar-refractivity contribution in [3.8, 4) is 5.75 Å². The number of rotatable bonds is 5. The molecule has 0 fully saturated rings. The van der Waals surface area contributed by atoms with Gasteiger partial charge in [-0.25, -0.2) is 0 Å². The Morgan fingerprint density at radius 3 is 2.44 bits per heavy atom. The van der Waals surface area contributed by atoms with Crippen LogP contribution in [-0.4, -0.2) is 12.6 Å². The molecule has 0 spiro atoms. The summed E-state index contributed by atoms with van der Waals surface area (Å²) < 4.78 is 5.86. The smallest absolute Gasteiger partial charge is 0.127 e. The fourth-order valence-electron chi connectivity index (χ4n) is 2.20. The van der Waals surface area contributed by atoms with Crippen LogP contribution in [0.4, 0.5) is 0 Å². The lowest BCUT2D eigenvalue weighted by atomic mass is 10.00. The molecule has 2 N–H and O–H groups in total. The minimum atomic E-state index is 0.197. The van der Waals surface area contributed by atoms with E-state index in [2.05, 4.69) is 50.2 Å². The molecular formula is C16H21NO. The topological polar surface area (TPSA) is 35.2 Å². The van der Waals surface area contributed by atoms with E-state index in [1.807, 2.05) is 0 Å². The third-order valence-corrected chi connectivity index (χ3v) is 2.99. The van der Waals surface area contributed by atoms with Crippen molar-refractivity contribution in [2.24, 2.45) is 5.73 Å². The third kappa shape index (κ3) is 2.82. The van der Waals surface area contributed by atoms with E-state index in [4.69, 9.17) is 10.5 Å². The molecule has 0 aromatic heterocycles. The van der Waals surface area contributed by atoms with Gasteiger partial charge in [0.2, 0.25) is 0 Å². The molecule has 0 saturated carbocycles. The van der Waals surface area contributed by atoms with Crippen molar-refractivity contribution in [3.63, 3.8) is 0 Å². The molecule has 0 heterocycles. The first kappa shape index (κ1) is 12.9. The number of fused-ring (bicyclic) bond motifs is 1. The van der Waals surface area contributed by atoms with Crippen LogP contribution >= 0.6 is 0 Å². The number of benzene rings is 2. The minimum absolute atomic E-state index is 0.197. The molecule has 2 heteroatoms. The molecule has 0 amide bonds. The van der Waals surface area contributed by atoms with E-state index in [1.165, 1.54) is 16.3 Å². The molecule has 0 unspecified atom stereocenters. The van der Waals surface area contributed by atoms with Crippen LogP contribution in [0.2, 0.25) is 0 Å². The zero-order valence-electron chi connectivity index (χ0n) is 11.1. The van der Waals surface area contributed by atoms with E-state index in [-0.39, 0.29) is 6.10 Å². The van der Waals surface area contributed by atoms with Gasteiger partial charge in [-0.1, -0.05) is 30.3 Å². The Kier molecular flexibility index (Phi) is 4.21. The molecule has 0 aliphatic heterocycles. The first-order valence-electron chi connectivity index (χ1n) is 6.59. The minimum Gasteiger partial charge on any atom is -0.490 e. The first-order chi connectivity index (χ1) is 8.72. The van der Waals surface area contributed by atoms with E-state index >= 15 is 0 Å². The molecule has 0 aliphatic carbocycles. The standard InChI is InChI=1S/C16H21NO/c1-12(2)18-16-10-9-13(6-5-11-17)14-7-3-4-8-15(14)16/h3-4,7-10,12H,5-6,11,17H2,1-2H3. The summed E-state index contributed by atoms with van der Waals surface area (Å²) in [5, 5.41) is 2.48. The highest BCUT2D eigenvalue weighted by atomic mass is 16.5. The maximum atomic E-state index is 5.86. The van der Waals surface area contributed by atoms with Crippen molar-refractivity contribution in [1.29, 1.82) is 0 Å². The second kappa shape index (κ2) is 5.87. The van der Waals surface area contributed by atoms with Crippen molar-refractivity contribution >= 4 is 10.8 Å². The van der Waals surface area contributed by atoms with E-state index in [0.717, 1.165) is 25.1 Å². The average Bonchev–Trinajstić information content (AvgIpc) is 2.37. The summed E-state index contributed by atoms with van der Waals surface area (Å²) in [6.45, 7) is 4.84. The van der Waals surface area contributed by atoms with E-state index < -0.39 is 0 Å². The summed E-state index contributed by atoms with van der Waals surface area (Å²) in [6.07, 6.45) is 2.25. The number of aryl methyl sites for hydroxylation is 1. The largest absolute Gasteiger partial charge is 0.490 e. The van der Waals surface area contributed by atoms with Crippen molar-refractivity contribution in [2.75, 3.05) is 6.54 Å². The van der Waals surface area contributed by atoms with Gasteiger partial charge in [-0.3, -0.25) is 0 Å². The fraction of sp³-hybridized carbons (Fsp3) is 0.375. The molecule has 0 saturated heterocycles. The Hall–Kier alpha value is -1.54. The van der Waals surface area contributed by atoms with E-state index in [9.17, 15) is 0 Å². The number of ether oxygens (including phenoxy) is 1. The molecule has 0 atom stereocenters. The third-order valence-electron chi connectivity index (χ3n) is 2.99. The highest BCUT2D eigenvalue weighted by molar-refractivity contribution is 5.91. The predicted octanol–water partition coefficient (Wildman–Crippen LogP) is 3.52. The first-order valence-corrected chi connectivity index (χ1v) is 6.59. The molecule has 18 heavy (non-hydrogen) atoms. The lowest BCUT2D eigenvalue weighted by Crippen LogP contribution is -2.06. The van der Waals surface area contributed by atoms with Crippen LogP contribution in [0.1, 0.15) is 25.8 Å². The predicted molar refractivity (Wildman–Crippen MR) is 77.1 cm³/mol. The monoisotopic (exact) mass is 243 g/mol. The number of hydrogen-bond donors (Lipinski definition) is 1. The number of hydrogen-bond acceptors (Lipinski definition) is 2. The van der Waals surface area contributed by atoms with E-state index in [0.29, 0.717) is 0 Å². The fourth-order valence-corrected chi connectivity index (χ4v) is 2.20. The van der Waals surface area contributed by atoms with Crippen LogP contribution in [0.5, 0.6) is 5.75 Å². The zero-order chi connectivity index (χ0) is 13.0. The summed E-state index contributed by atoms with van der Waals surface area (Å²) in [5.74, 6) is 0.970. The van der Waals surface area contributed by atoms with Crippen LogP contribution in [0.3, 0.4) is 0 Å². The lowest BCUT2D eigenvalue weighted by Gasteiger charge is -2.14. The van der Waals surface area contributed by atoms with Gasteiger partial charge in [0.05, 0.1) is 6.10 Å². The molecule has 2 aromatic rings. The molecule has 0 aliphatic rings. The number of nitrogens with two attached hydrogens (primary N) is 1. The van der Waals surface area contributed by atoms with Crippen LogP contribution in [0.25, 0.3) is 10.8 Å². The SMILES string of the molecule is CC(C)Oc1ccc(CCCN)c2ccccc12. The highest BCUT2D eigenvalue weighted by Gasteiger charge is 2.07. The Balaban J connectivity index is 2.44. The van der Waals surface area contributed by atoms with Gasteiger partial charge in [0.15, 0.2) is 0 Å². The zero-order valence-corrected chi connectivity index (χ0v) is 11.1. The Labute approximate surface area is 109 Å². The van der Waals surface area contributed by atoms with Crippen LogP contribution in [0, 0.1) is 0 Å². The average molecular weight is 243 g/mol. The quantitative estimate of drug-likeness (QED) is 0.872. The van der Waals surface area contributed by atoms with Gasteiger partial charge in [0, 0.05) is 5.39 Å². The van der Waals surface area contributed by atoms with Gasteiger partial charge < -0.3 is 10.5 Å². The molecule has 2 nitrogen and oxygen atoms in total. The van der Waals surface area contributed by atoms with Crippen LogP contribution in [0.15, 0.2) is 36.4 Å². The molecular weight excluding hydrogens is 222 g/mol. The molecule has 2 rings (SSSR count). The lowest BCUT2D eigenvalue weighted by molar-refractivity contribution is 0.245. The van der Waals surface area contributed by atoms with Gasteiger partial charge in [-0.15, -0.1) is 0 Å². The van der Waals surface area contributed by atoms with Crippen molar-refractivity contribution in [3.05, 3.63) is 42.0 Å². The van der Waals surface area contributed by atoms with Crippen molar-refractivity contribution in [2.45, 2.75) is 32.8 Å². The summed E-state index contributed by atoms with van der Waals surface area (Å²) in [6, 6.07) is 12.7. The molecule has 96 valence electrons. The van der Waals surface area contributed by atoms with Gasteiger partial charge >= 0.3 is 0 Å².